The van der Waals surface area contributed by atoms with Crippen LogP contribution in [0.25, 0.3) is 0 Å². The van der Waals surface area contributed by atoms with Crippen molar-refractivity contribution < 1.29 is 9.53 Å². The Kier molecular flexibility index (Phi) is 2.53. The first-order valence-electron chi connectivity index (χ1n) is 4.99. The molecule has 0 saturated carbocycles. The van der Waals surface area contributed by atoms with E-state index in [4.69, 9.17) is 4.74 Å². The van der Waals surface area contributed by atoms with Crippen molar-refractivity contribution in [1.82, 2.24) is 0 Å². The lowest BCUT2D eigenvalue weighted by atomic mass is 9.97. The fraction of sp³-hybridized carbons (Fsp3) is 0.417. The Morgan fingerprint density at radius 2 is 2.07 bits per heavy atom. The van der Waals surface area contributed by atoms with Crippen LogP contribution in [-0.2, 0) is 16.0 Å². The van der Waals surface area contributed by atoms with Gasteiger partial charge in [-0.15, -0.1) is 0 Å². The van der Waals surface area contributed by atoms with E-state index in [1.807, 2.05) is 18.2 Å². The summed E-state index contributed by atoms with van der Waals surface area (Å²) in [7, 11) is 0. The number of rotatable bonds is 2. The molecule has 1 aliphatic rings. The van der Waals surface area contributed by atoms with Crippen LogP contribution in [0.3, 0.4) is 0 Å². The first kappa shape index (κ1) is 9.25. The Balaban J connectivity index is 2.02. The summed E-state index contributed by atoms with van der Waals surface area (Å²) in [6.45, 7) is 2.07. The zero-order valence-electron chi connectivity index (χ0n) is 8.27. The van der Waals surface area contributed by atoms with E-state index in [0.29, 0.717) is 12.3 Å². The normalized spacial score (nSPS) is 26.2. The summed E-state index contributed by atoms with van der Waals surface area (Å²) < 4.78 is 5.24. The van der Waals surface area contributed by atoms with Crippen molar-refractivity contribution in [3.63, 3.8) is 0 Å². The number of carbonyl (C=O) groups excluding carboxylic acids is 1. The van der Waals surface area contributed by atoms with Gasteiger partial charge in [-0.2, -0.15) is 0 Å². The third kappa shape index (κ3) is 1.95. The van der Waals surface area contributed by atoms with Gasteiger partial charge in [0.1, 0.15) is 6.10 Å². The number of benzene rings is 1. The summed E-state index contributed by atoms with van der Waals surface area (Å²) in [5.41, 5.74) is 1.24. The summed E-state index contributed by atoms with van der Waals surface area (Å²) in [5, 5.41) is 0. The van der Waals surface area contributed by atoms with Crippen LogP contribution in [0.2, 0.25) is 0 Å². The Morgan fingerprint density at radius 1 is 1.36 bits per heavy atom. The van der Waals surface area contributed by atoms with Gasteiger partial charge in [-0.1, -0.05) is 37.3 Å². The van der Waals surface area contributed by atoms with Gasteiger partial charge in [0.2, 0.25) is 0 Å². The zero-order valence-corrected chi connectivity index (χ0v) is 8.27. The van der Waals surface area contributed by atoms with E-state index in [-0.39, 0.29) is 12.1 Å². The van der Waals surface area contributed by atoms with Gasteiger partial charge in [-0.25, -0.2) is 0 Å². The first-order chi connectivity index (χ1) is 6.75. The molecule has 2 heteroatoms. The van der Waals surface area contributed by atoms with Crippen molar-refractivity contribution in [1.29, 1.82) is 0 Å². The number of cyclic esters (lactones) is 1. The molecule has 1 heterocycles. The van der Waals surface area contributed by atoms with Gasteiger partial charge in [0.15, 0.2) is 0 Å². The average molecular weight is 190 g/mol. The highest BCUT2D eigenvalue weighted by atomic mass is 16.5. The lowest BCUT2D eigenvalue weighted by Crippen LogP contribution is -2.16. The summed E-state index contributed by atoms with van der Waals surface area (Å²) in [6.07, 6.45) is 1.48. The molecule has 0 N–H and O–H groups in total. The monoisotopic (exact) mass is 190 g/mol. The van der Waals surface area contributed by atoms with Crippen LogP contribution in [-0.4, -0.2) is 12.1 Å². The van der Waals surface area contributed by atoms with Crippen LogP contribution in [0.15, 0.2) is 30.3 Å². The standard InChI is InChI=1S/C12H14O2/c1-9-7-12(13)14-11(9)8-10-5-3-2-4-6-10/h2-6,9,11H,7-8H2,1H3. The van der Waals surface area contributed by atoms with Crippen LogP contribution >= 0.6 is 0 Å². The van der Waals surface area contributed by atoms with Crippen molar-refractivity contribution in [2.75, 3.05) is 0 Å². The van der Waals surface area contributed by atoms with Crippen LogP contribution in [0.4, 0.5) is 0 Å². The molecule has 0 spiro atoms. The largest absolute Gasteiger partial charge is 0.462 e. The fourth-order valence-electron chi connectivity index (χ4n) is 1.82. The SMILES string of the molecule is CC1CC(=O)OC1Cc1ccccc1. The molecular formula is C12H14O2. The van der Waals surface area contributed by atoms with Gasteiger partial charge in [0.05, 0.1) is 6.42 Å². The minimum atomic E-state index is -0.0570. The van der Waals surface area contributed by atoms with E-state index in [9.17, 15) is 4.79 Å². The highest BCUT2D eigenvalue weighted by molar-refractivity contribution is 5.72. The average Bonchev–Trinajstić information content (AvgIpc) is 2.47. The summed E-state index contributed by atoms with van der Waals surface area (Å²) >= 11 is 0. The predicted molar refractivity (Wildman–Crippen MR) is 53.8 cm³/mol. The second kappa shape index (κ2) is 3.82. The lowest BCUT2D eigenvalue weighted by Gasteiger charge is -2.13. The number of esters is 1. The smallest absolute Gasteiger partial charge is 0.306 e. The zero-order chi connectivity index (χ0) is 9.97. The number of hydrogen-bond donors (Lipinski definition) is 0. The second-order valence-electron chi connectivity index (χ2n) is 3.90. The van der Waals surface area contributed by atoms with Gasteiger partial charge in [-0.05, 0) is 5.56 Å². The number of carbonyl (C=O) groups is 1. The van der Waals surface area contributed by atoms with E-state index >= 15 is 0 Å². The third-order valence-electron chi connectivity index (χ3n) is 2.69. The Bertz CT molecular complexity index is 318. The summed E-state index contributed by atoms with van der Waals surface area (Å²) in [4.78, 5) is 11.0. The highest BCUT2D eigenvalue weighted by Gasteiger charge is 2.30. The maximum atomic E-state index is 11.0. The maximum Gasteiger partial charge on any atom is 0.306 e. The molecule has 0 radical (unpaired) electrons. The summed E-state index contributed by atoms with van der Waals surface area (Å²) in [6, 6.07) is 10.2. The van der Waals surface area contributed by atoms with Crippen molar-refractivity contribution in [2.45, 2.75) is 25.9 Å². The van der Waals surface area contributed by atoms with E-state index in [1.54, 1.807) is 0 Å². The van der Waals surface area contributed by atoms with E-state index in [2.05, 4.69) is 19.1 Å². The highest BCUT2D eigenvalue weighted by Crippen LogP contribution is 2.24. The van der Waals surface area contributed by atoms with Gasteiger partial charge >= 0.3 is 5.97 Å². The molecule has 1 saturated heterocycles. The number of ether oxygens (including phenoxy) is 1. The molecular weight excluding hydrogens is 176 g/mol. The van der Waals surface area contributed by atoms with Gasteiger partial charge < -0.3 is 4.74 Å². The lowest BCUT2D eigenvalue weighted by molar-refractivity contribution is -0.141. The molecule has 2 nitrogen and oxygen atoms in total. The maximum absolute atomic E-state index is 11.0. The van der Waals surface area contributed by atoms with Crippen molar-refractivity contribution in [3.05, 3.63) is 35.9 Å². The van der Waals surface area contributed by atoms with Crippen LogP contribution in [0.1, 0.15) is 18.9 Å². The molecule has 0 aliphatic carbocycles. The second-order valence-corrected chi connectivity index (χ2v) is 3.90. The number of hydrogen-bond acceptors (Lipinski definition) is 2. The molecule has 1 aromatic rings. The minimum absolute atomic E-state index is 0.0570. The van der Waals surface area contributed by atoms with E-state index in [1.165, 1.54) is 5.56 Å². The third-order valence-corrected chi connectivity index (χ3v) is 2.69. The quantitative estimate of drug-likeness (QED) is 0.668. The Labute approximate surface area is 83.9 Å². The molecule has 0 amide bonds. The first-order valence-corrected chi connectivity index (χ1v) is 4.99. The van der Waals surface area contributed by atoms with Crippen molar-refractivity contribution in [3.8, 4) is 0 Å². The molecule has 0 bridgehead atoms. The van der Waals surface area contributed by atoms with Gasteiger partial charge in [0.25, 0.3) is 0 Å². The van der Waals surface area contributed by atoms with Gasteiger partial charge in [-0.3, -0.25) is 4.79 Å². The minimum Gasteiger partial charge on any atom is -0.462 e. The molecule has 1 aromatic carbocycles. The molecule has 14 heavy (non-hydrogen) atoms. The topological polar surface area (TPSA) is 26.3 Å². The molecule has 1 fully saturated rings. The van der Waals surface area contributed by atoms with Crippen LogP contribution in [0, 0.1) is 5.92 Å². The molecule has 2 rings (SSSR count). The van der Waals surface area contributed by atoms with Crippen molar-refractivity contribution in [2.24, 2.45) is 5.92 Å². The van der Waals surface area contributed by atoms with Crippen LogP contribution < -0.4 is 0 Å². The van der Waals surface area contributed by atoms with Crippen molar-refractivity contribution >= 4 is 5.97 Å². The molecule has 0 aromatic heterocycles. The molecule has 1 aliphatic heterocycles. The van der Waals surface area contributed by atoms with Crippen LogP contribution in [0.5, 0.6) is 0 Å². The molecule has 2 unspecified atom stereocenters. The Morgan fingerprint density at radius 3 is 2.64 bits per heavy atom. The van der Waals surface area contributed by atoms with E-state index < -0.39 is 0 Å². The fourth-order valence-corrected chi connectivity index (χ4v) is 1.82. The Hall–Kier alpha value is -1.31. The van der Waals surface area contributed by atoms with E-state index in [0.717, 1.165) is 6.42 Å². The predicted octanol–water partition coefficient (Wildman–Crippen LogP) is 2.18. The summed E-state index contributed by atoms with van der Waals surface area (Å²) in [5.74, 6) is 0.293. The molecule has 74 valence electrons. The molecule has 2 atom stereocenters. The van der Waals surface area contributed by atoms with Gasteiger partial charge in [0, 0.05) is 12.3 Å².